The zero-order valence-corrected chi connectivity index (χ0v) is 26.7. The smallest absolute Gasteiger partial charge is 0.224 e. The van der Waals surface area contributed by atoms with E-state index in [0.29, 0.717) is 56.5 Å². The molecule has 2 atom stereocenters. The molecule has 0 radical (unpaired) electrons. The zero-order chi connectivity index (χ0) is 31.5. The van der Waals surface area contributed by atoms with Crippen molar-refractivity contribution in [1.82, 2.24) is 20.0 Å². The second-order valence-electron chi connectivity index (χ2n) is 10.7. The molecule has 2 amide bonds. The monoisotopic (exact) mass is 682 g/mol. The summed E-state index contributed by atoms with van der Waals surface area (Å²) in [6.45, 7) is 1.01. The molecular formula is C31H26Cl4N8O2. The molecule has 6 rings (SSSR count). The topological polar surface area (TPSA) is 117 Å². The Morgan fingerprint density at radius 2 is 1.33 bits per heavy atom. The maximum atomic E-state index is 12.5. The summed E-state index contributed by atoms with van der Waals surface area (Å²) >= 11 is 24.5. The summed E-state index contributed by atoms with van der Waals surface area (Å²) in [4.78, 5) is 25.0. The molecule has 2 aliphatic rings. The summed E-state index contributed by atoms with van der Waals surface area (Å²) in [5, 5.41) is 26.3. The molecule has 0 spiro atoms. The van der Waals surface area contributed by atoms with Crippen LogP contribution >= 0.6 is 46.4 Å². The Balaban J connectivity index is 0.920. The van der Waals surface area contributed by atoms with Gasteiger partial charge in [-0.25, -0.2) is 4.68 Å². The van der Waals surface area contributed by atoms with E-state index in [2.05, 4.69) is 31.3 Å². The van der Waals surface area contributed by atoms with Gasteiger partial charge in [0.05, 0.1) is 44.8 Å². The van der Waals surface area contributed by atoms with Crippen molar-refractivity contribution in [3.8, 4) is 0 Å². The van der Waals surface area contributed by atoms with Crippen molar-refractivity contribution < 1.29 is 9.59 Å². The number of fused-ring (bicyclic) bond motifs is 2. The fourth-order valence-corrected chi connectivity index (χ4v) is 5.73. The van der Waals surface area contributed by atoms with Crippen LogP contribution in [0.1, 0.15) is 30.4 Å². The number of benzene rings is 3. The third-order valence-electron chi connectivity index (χ3n) is 7.37. The van der Waals surface area contributed by atoms with Crippen LogP contribution in [0.15, 0.2) is 93.2 Å². The molecular weight excluding hydrogens is 658 g/mol. The highest BCUT2D eigenvalue weighted by Gasteiger charge is 2.33. The van der Waals surface area contributed by atoms with Crippen LogP contribution in [0.4, 0.5) is 11.4 Å². The Labute approximate surface area is 278 Å². The maximum Gasteiger partial charge on any atom is 0.224 e. The number of allylic oxidation sites excluding steroid dienone is 2. The third-order valence-corrected chi connectivity index (χ3v) is 8.85. The number of halogens is 4. The van der Waals surface area contributed by atoms with Gasteiger partial charge in [0.1, 0.15) is 11.6 Å². The van der Waals surface area contributed by atoms with Crippen LogP contribution in [0.5, 0.6) is 0 Å². The van der Waals surface area contributed by atoms with Crippen LogP contribution in [-0.4, -0.2) is 43.9 Å². The van der Waals surface area contributed by atoms with Gasteiger partial charge in [0, 0.05) is 24.2 Å². The van der Waals surface area contributed by atoms with Gasteiger partial charge in [-0.3, -0.25) is 14.6 Å². The maximum absolute atomic E-state index is 12.5. The van der Waals surface area contributed by atoms with Gasteiger partial charge in [0.15, 0.2) is 0 Å². The lowest BCUT2D eigenvalue weighted by molar-refractivity contribution is -0.117. The van der Waals surface area contributed by atoms with E-state index in [0.717, 1.165) is 16.6 Å². The van der Waals surface area contributed by atoms with Crippen LogP contribution in [0.25, 0.3) is 11.0 Å². The van der Waals surface area contributed by atoms with Gasteiger partial charge in [0.25, 0.3) is 0 Å². The number of amides is 2. The van der Waals surface area contributed by atoms with Gasteiger partial charge in [-0.05, 0) is 66.1 Å². The van der Waals surface area contributed by atoms with E-state index in [1.807, 2.05) is 59.6 Å². The summed E-state index contributed by atoms with van der Waals surface area (Å²) in [6.07, 6.45) is 4.51. The van der Waals surface area contributed by atoms with E-state index in [1.165, 1.54) is 0 Å². The number of hydrogen-bond donors (Lipinski definition) is 2. The van der Waals surface area contributed by atoms with Crippen LogP contribution < -0.4 is 10.6 Å². The molecule has 1 aliphatic heterocycles. The van der Waals surface area contributed by atoms with Crippen molar-refractivity contribution in [1.29, 1.82) is 0 Å². The summed E-state index contributed by atoms with van der Waals surface area (Å²) in [6, 6.07) is 18.2. The molecule has 0 saturated heterocycles. The number of carbonyl (C=O) groups excluding carboxylic acids is 2. The molecule has 1 aromatic heterocycles. The molecule has 1 aliphatic carbocycles. The third kappa shape index (κ3) is 7.48. The summed E-state index contributed by atoms with van der Waals surface area (Å²) in [5.74, 6) is -0.326. The number of carbonyl (C=O) groups is 2. The Morgan fingerprint density at radius 3 is 1.98 bits per heavy atom. The van der Waals surface area contributed by atoms with Crippen LogP contribution in [0.2, 0.25) is 10.0 Å². The number of nitrogens with one attached hydrogen (secondary N) is 2. The Morgan fingerprint density at radius 1 is 0.756 bits per heavy atom. The predicted molar refractivity (Wildman–Crippen MR) is 176 cm³/mol. The second-order valence-corrected chi connectivity index (χ2v) is 12.3. The molecule has 3 aromatic carbocycles. The van der Waals surface area contributed by atoms with Crippen molar-refractivity contribution in [2.24, 2.45) is 10.3 Å². The number of anilines is 2. The minimum Gasteiger partial charge on any atom is -0.326 e. The molecule has 4 aromatic rings. The lowest BCUT2D eigenvalue weighted by Crippen LogP contribution is -2.33. The Kier molecular flexibility index (Phi) is 9.37. The number of hydrogen-bond acceptors (Lipinski definition) is 7. The fraction of sp³-hybridized carbons (Fsp3) is 0.226. The van der Waals surface area contributed by atoms with Gasteiger partial charge < -0.3 is 10.6 Å². The highest BCUT2D eigenvalue weighted by Crippen LogP contribution is 2.33. The molecule has 10 nitrogen and oxygen atoms in total. The quantitative estimate of drug-likeness (QED) is 0.178. The minimum atomic E-state index is -0.165. The van der Waals surface area contributed by atoms with Gasteiger partial charge in [0.2, 0.25) is 11.8 Å². The molecule has 230 valence electrons. The molecule has 2 unspecified atom stereocenters. The highest BCUT2D eigenvalue weighted by molar-refractivity contribution is 6.44. The average Bonchev–Trinajstić information content (AvgIpc) is 3.58. The zero-order valence-electron chi connectivity index (χ0n) is 23.6. The first-order chi connectivity index (χ1) is 21.7. The van der Waals surface area contributed by atoms with Crippen molar-refractivity contribution >= 4 is 80.6 Å². The summed E-state index contributed by atoms with van der Waals surface area (Å²) in [5.41, 5.74) is 4.76. The second kappa shape index (κ2) is 13.6. The lowest BCUT2D eigenvalue weighted by atomic mass is 10.0. The van der Waals surface area contributed by atoms with Crippen LogP contribution in [0.3, 0.4) is 0 Å². The standard InChI is InChI=1S/C31H26Cl4N8O2/c32-22-12-26-28(14-24(22)34)42(40-38-26)16-18-4-8-20(9-5-18)36-30(44)2-1-3-31(45)37-21-10-6-19(7-11-21)17-43-29-15-25(35)23(33)13-27(29)39-41-43/h4-15,26,28H,1-3,16-17H2,(H,36,44)(H,37,45). The molecule has 45 heavy (non-hydrogen) atoms. The predicted octanol–water partition coefficient (Wildman–Crippen LogP) is 7.71. The number of rotatable bonds is 10. The van der Waals surface area contributed by atoms with Gasteiger partial charge in [-0.1, -0.05) is 81.1 Å². The summed E-state index contributed by atoms with van der Waals surface area (Å²) in [7, 11) is 0. The fourth-order valence-electron chi connectivity index (χ4n) is 5.03. The highest BCUT2D eigenvalue weighted by atomic mass is 35.5. The molecule has 14 heteroatoms. The minimum absolute atomic E-state index is 0.0799. The Hall–Kier alpha value is -3.96. The first kappa shape index (κ1) is 31.0. The van der Waals surface area contributed by atoms with Crippen LogP contribution in [-0.2, 0) is 22.7 Å². The SMILES string of the molecule is O=C(CCCC(=O)Nc1ccc(Cn2nnc3cc(Cl)c(Cl)cc32)cc1)Nc1ccc(CN2N=NC3C=C(Cl)C(Cl)=CC32)cc1. The largest absolute Gasteiger partial charge is 0.326 e. The van der Waals surface area contributed by atoms with E-state index in [-0.39, 0.29) is 36.7 Å². The molecule has 2 heterocycles. The first-order valence-corrected chi connectivity index (χ1v) is 15.6. The molecule has 0 bridgehead atoms. The number of aromatic nitrogens is 3. The molecule has 0 saturated carbocycles. The van der Waals surface area contributed by atoms with Gasteiger partial charge in [-0.15, -0.1) is 5.10 Å². The van der Waals surface area contributed by atoms with Gasteiger partial charge >= 0.3 is 0 Å². The lowest BCUT2D eigenvalue weighted by Gasteiger charge is -2.24. The average molecular weight is 684 g/mol. The van der Waals surface area contributed by atoms with E-state index in [4.69, 9.17) is 46.4 Å². The van der Waals surface area contributed by atoms with Gasteiger partial charge in [-0.2, -0.15) is 5.11 Å². The van der Waals surface area contributed by atoms with Crippen molar-refractivity contribution in [3.05, 3.63) is 104 Å². The van der Waals surface area contributed by atoms with Crippen molar-refractivity contribution in [3.63, 3.8) is 0 Å². The van der Waals surface area contributed by atoms with E-state index >= 15 is 0 Å². The van der Waals surface area contributed by atoms with Crippen molar-refractivity contribution in [2.45, 2.75) is 44.4 Å². The van der Waals surface area contributed by atoms with Crippen molar-refractivity contribution in [2.75, 3.05) is 10.6 Å². The van der Waals surface area contributed by atoms with Crippen LogP contribution in [0, 0.1) is 0 Å². The number of nitrogens with zero attached hydrogens (tertiary/aromatic N) is 6. The first-order valence-electron chi connectivity index (χ1n) is 14.1. The molecule has 2 N–H and O–H groups in total. The normalized spacial score (nSPS) is 17.2. The Bertz CT molecular complexity index is 1840. The molecule has 0 fully saturated rings. The van der Waals surface area contributed by atoms with E-state index < -0.39 is 0 Å². The summed E-state index contributed by atoms with van der Waals surface area (Å²) < 4.78 is 1.74. The van der Waals surface area contributed by atoms with E-state index in [1.54, 1.807) is 22.9 Å². The van der Waals surface area contributed by atoms with E-state index in [9.17, 15) is 9.59 Å².